The minimum Gasteiger partial charge on any atom is -0.871 e. The van der Waals surface area contributed by atoms with E-state index in [0.29, 0.717) is 37.4 Å². The Morgan fingerprint density at radius 2 is 1.32 bits per heavy atom. The number of Topliss-reactive ketones (excluding diaryl/α,β-unsaturated/α-hetero) is 1. The van der Waals surface area contributed by atoms with Gasteiger partial charge in [-0.25, -0.2) is 0 Å². The van der Waals surface area contributed by atoms with Gasteiger partial charge in [-0.05, 0) is 108 Å². The number of aryl methyl sites for hydroxylation is 4. The first-order valence-electron chi connectivity index (χ1n) is 18.1. The van der Waals surface area contributed by atoms with Crippen LogP contribution in [-0.4, -0.2) is 54.6 Å². The lowest BCUT2D eigenvalue weighted by Crippen LogP contribution is -2.31. The number of benzene rings is 3. The Balaban J connectivity index is 1.44. The largest absolute Gasteiger partial charge is 0.871 e. The van der Waals surface area contributed by atoms with Gasteiger partial charge in [0.1, 0.15) is 6.10 Å². The Labute approximate surface area is 298 Å². The highest BCUT2D eigenvalue weighted by Crippen LogP contribution is 2.39. The monoisotopic (exact) mass is 672 g/mol. The first-order chi connectivity index (χ1) is 24.1. The predicted octanol–water partition coefficient (Wildman–Crippen LogP) is 8.55. The lowest BCUT2D eigenvalue weighted by molar-refractivity contribution is -0.453. The maximum atomic E-state index is 13.6. The van der Waals surface area contributed by atoms with Crippen molar-refractivity contribution in [3.8, 4) is 0 Å². The van der Waals surface area contributed by atoms with Crippen LogP contribution < -0.4 is 10.0 Å². The Hall–Kier alpha value is -4.52. The number of hydrogen-bond donors (Lipinski definition) is 0. The van der Waals surface area contributed by atoms with Gasteiger partial charge in [-0.2, -0.15) is 4.58 Å². The van der Waals surface area contributed by atoms with Crippen molar-refractivity contribution in [1.29, 1.82) is 0 Å². The maximum absolute atomic E-state index is 13.6. The summed E-state index contributed by atoms with van der Waals surface area (Å²) in [6.45, 7) is 19.5. The molecule has 3 aromatic carbocycles. The lowest BCUT2D eigenvalue weighted by Gasteiger charge is -2.33. The molecular weight excluding hydrogens is 620 g/mol. The Morgan fingerprint density at radius 3 is 1.88 bits per heavy atom. The van der Waals surface area contributed by atoms with Crippen LogP contribution in [0.4, 0.5) is 17.1 Å². The van der Waals surface area contributed by atoms with Gasteiger partial charge in [0.25, 0.3) is 0 Å². The molecule has 0 radical (unpaired) electrons. The van der Waals surface area contributed by atoms with Gasteiger partial charge in [-0.15, -0.1) is 0 Å². The SMILES string of the molecule is CCOC(CC)CN(c1ccc(C2=C([O-])C(=C3C=CC(=[N+](CC(CC)OCC)c4ccc(C)cc4C)C=C3)C2=O)cc1)c1ccc(C)cc1C. The molecule has 0 aliphatic heterocycles. The highest BCUT2D eigenvalue weighted by Gasteiger charge is 2.31. The molecule has 0 aromatic heterocycles. The molecular formula is C44H52N2O4. The van der Waals surface area contributed by atoms with Crippen LogP contribution in [0.25, 0.3) is 5.57 Å². The molecule has 50 heavy (non-hydrogen) atoms. The van der Waals surface area contributed by atoms with Crippen LogP contribution >= 0.6 is 0 Å². The van der Waals surface area contributed by atoms with E-state index in [0.717, 1.165) is 35.6 Å². The van der Waals surface area contributed by atoms with Crippen LogP contribution in [0.1, 0.15) is 68.4 Å². The minimum atomic E-state index is -0.210. The van der Waals surface area contributed by atoms with Gasteiger partial charge in [0, 0.05) is 66.1 Å². The van der Waals surface area contributed by atoms with Crippen molar-refractivity contribution in [3.63, 3.8) is 0 Å². The summed E-state index contributed by atoms with van der Waals surface area (Å²) >= 11 is 0. The number of nitrogens with zero attached hydrogens (tertiary/aromatic N) is 2. The Bertz CT molecular complexity index is 1860. The fourth-order valence-corrected chi connectivity index (χ4v) is 6.91. The van der Waals surface area contributed by atoms with Crippen LogP contribution in [0, 0.1) is 27.7 Å². The average Bonchev–Trinajstić information content (AvgIpc) is 3.10. The van der Waals surface area contributed by atoms with E-state index in [1.165, 1.54) is 22.3 Å². The van der Waals surface area contributed by atoms with Gasteiger partial charge in [0.05, 0.1) is 6.10 Å². The van der Waals surface area contributed by atoms with Crippen molar-refractivity contribution >= 4 is 34.1 Å². The Kier molecular flexibility index (Phi) is 12.1. The first kappa shape index (κ1) is 36.8. The van der Waals surface area contributed by atoms with E-state index in [9.17, 15) is 9.90 Å². The van der Waals surface area contributed by atoms with E-state index in [-0.39, 0.29) is 34.9 Å². The highest BCUT2D eigenvalue weighted by atomic mass is 16.5. The molecule has 2 atom stereocenters. The standard InChI is InChI=1S/C44H52N2O4/c1-9-37(49-11-3)27-45(39-23-13-29(5)25-31(39)7)35-19-15-33(16-20-35)41-43(47)42(44(41)48)34-17-21-36(22-18-34)46(28-38(10-2)50-12-4)40-24-14-30(6)26-32(40)8/h13-26,37-38H,9-12,27-28H2,1-8H3. The quantitative estimate of drug-likeness (QED) is 0.127. The summed E-state index contributed by atoms with van der Waals surface area (Å²) in [5, 5.41) is 13.6. The molecule has 0 saturated heterocycles. The van der Waals surface area contributed by atoms with Gasteiger partial charge in [0.15, 0.2) is 12.3 Å². The molecule has 6 heteroatoms. The number of carbonyl (C=O) groups is 1. The molecule has 2 aliphatic rings. The normalized spacial score (nSPS) is 15.4. The molecule has 0 saturated carbocycles. The summed E-state index contributed by atoms with van der Waals surface area (Å²) in [6, 6.07) is 20.7. The zero-order valence-electron chi connectivity index (χ0n) is 31.0. The molecule has 6 nitrogen and oxygen atoms in total. The lowest BCUT2D eigenvalue weighted by atomic mass is 9.80. The predicted molar refractivity (Wildman–Crippen MR) is 204 cm³/mol. The second kappa shape index (κ2) is 16.5. The second-order valence-electron chi connectivity index (χ2n) is 13.3. The minimum absolute atomic E-state index is 0.0684. The van der Waals surface area contributed by atoms with Gasteiger partial charge < -0.3 is 19.5 Å². The molecule has 2 unspecified atom stereocenters. The van der Waals surface area contributed by atoms with E-state index in [1.807, 2.05) is 62.4 Å². The number of carbonyl (C=O) groups excluding carboxylic acids is 1. The molecule has 0 bridgehead atoms. The molecule has 0 heterocycles. The van der Waals surface area contributed by atoms with Gasteiger partial charge >= 0.3 is 0 Å². The van der Waals surface area contributed by atoms with E-state index in [1.54, 1.807) is 0 Å². The summed E-state index contributed by atoms with van der Waals surface area (Å²) in [4.78, 5) is 15.8. The third-order valence-electron chi connectivity index (χ3n) is 9.62. The summed E-state index contributed by atoms with van der Waals surface area (Å²) < 4.78 is 14.3. The summed E-state index contributed by atoms with van der Waals surface area (Å²) in [6.07, 6.45) is 9.71. The van der Waals surface area contributed by atoms with Crippen LogP contribution in [0.3, 0.4) is 0 Å². The van der Waals surface area contributed by atoms with Gasteiger partial charge in [-0.1, -0.05) is 61.1 Å². The third-order valence-corrected chi connectivity index (χ3v) is 9.62. The first-order valence-corrected chi connectivity index (χ1v) is 18.1. The molecule has 262 valence electrons. The number of rotatable bonds is 14. The highest BCUT2D eigenvalue weighted by molar-refractivity contribution is 6.39. The zero-order chi connectivity index (χ0) is 35.9. The van der Waals surface area contributed by atoms with Crippen molar-refractivity contribution in [1.82, 2.24) is 0 Å². The molecule has 0 amide bonds. The van der Waals surface area contributed by atoms with Gasteiger partial charge in [0.2, 0.25) is 11.4 Å². The number of allylic oxidation sites excluding steroid dienone is 7. The molecule has 5 rings (SSSR count). The summed E-state index contributed by atoms with van der Waals surface area (Å²) in [5.74, 6) is -0.421. The summed E-state index contributed by atoms with van der Waals surface area (Å²) in [7, 11) is 0. The second-order valence-corrected chi connectivity index (χ2v) is 13.3. The van der Waals surface area contributed by atoms with Gasteiger partial charge in [-0.3, -0.25) is 4.79 Å². The smallest absolute Gasteiger partial charge is 0.208 e. The van der Waals surface area contributed by atoms with E-state index < -0.39 is 0 Å². The molecule has 0 fully saturated rings. The van der Waals surface area contributed by atoms with E-state index in [2.05, 4.69) is 87.4 Å². The molecule has 0 N–H and O–H groups in total. The van der Waals surface area contributed by atoms with Crippen LogP contribution in [-0.2, 0) is 14.3 Å². The number of ether oxygens (including phenoxy) is 2. The van der Waals surface area contributed by atoms with Crippen LogP contribution in [0.2, 0.25) is 0 Å². The molecule has 2 aliphatic carbocycles. The Morgan fingerprint density at radius 1 is 0.720 bits per heavy atom. The van der Waals surface area contributed by atoms with E-state index in [4.69, 9.17) is 9.47 Å². The van der Waals surface area contributed by atoms with E-state index >= 15 is 0 Å². The van der Waals surface area contributed by atoms with Crippen molar-refractivity contribution in [2.75, 3.05) is 31.2 Å². The fourth-order valence-electron chi connectivity index (χ4n) is 6.91. The average molecular weight is 673 g/mol. The van der Waals surface area contributed by atoms with Crippen LogP contribution in [0.5, 0.6) is 0 Å². The number of ketones is 1. The zero-order valence-corrected chi connectivity index (χ0v) is 31.0. The molecule has 0 spiro atoms. The molecule has 3 aromatic rings. The number of hydrogen-bond acceptors (Lipinski definition) is 5. The number of anilines is 2. The topological polar surface area (TPSA) is 64.8 Å². The van der Waals surface area contributed by atoms with Crippen molar-refractivity contribution in [2.24, 2.45) is 0 Å². The van der Waals surface area contributed by atoms with Crippen molar-refractivity contribution in [3.05, 3.63) is 130 Å². The van der Waals surface area contributed by atoms with Crippen molar-refractivity contribution in [2.45, 2.75) is 80.4 Å². The van der Waals surface area contributed by atoms with Crippen molar-refractivity contribution < 1.29 is 24.0 Å². The fraction of sp³-hybridized carbons (Fsp3) is 0.364. The maximum Gasteiger partial charge on any atom is 0.208 e. The van der Waals surface area contributed by atoms with Crippen LogP contribution in [0.15, 0.2) is 102 Å². The third kappa shape index (κ3) is 7.93. The summed E-state index contributed by atoms with van der Waals surface area (Å²) in [5.41, 5.74) is 10.8.